The van der Waals surface area contributed by atoms with Crippen LogP contribution in [0.3, 0.4) is 0 Å². The van der Waals surface area contributed by atoms with Gasteiger partial charge in [0.2, 0.25) is 0 Å². The predicted molar refractivity (Wildman–Crippen MR) is 90.7 cm³/mol. The number of nitrogens with zero attached hydrogens (tertiary/aromatic N) is 1. The van der Waals surface area contributed by atoms with Gasteiger partial charge in [-0.25, -0.2) is 0 Å². The van der Waals surface area contributed by atoms with Crippen molar-refractivity contribution in [3.63, 3.8) is 0 Å². The second kappa shape index (κ2) is 4.99. The molecule has 3 heteroatoms. The minimum absolute atomic E-state index is 0.0701. The average molecular weight is 310 g/mol. The Morgan fingerprint density at radius 3 is 2.64 bits per heavy atom. The fourth-order valence-corrected chi connectivity index (χ4v) is 3.60. The van der Waals surface area contributed by atoms with Gasteiger partial charge in [-0.05, 0) is 42.7 Å². The van der Waals surface area contributed by atoms with Crippen LogP contribution in [-0.2, 0) is 6.42 Å². The first-order chi connectivity index (χ1) is 10.7. The molecule has 2 heterocycles. The van der Waals surface area contributed by atoms with Crippen molar-refractivity contribution >= 4 is 28.4 Å². The van der Waals surface area contributed by atoms with Crippen molar-refractivity contribution in [2.45, 2.75) is 26.2 Å². The van der Waals surface area contributed by atoms with Crippen LogP contribution < -0.4 is 0 Å². The standard InChI is InChI=1S/C19H16ClNO/c1-2-3-6-14-16-11-12(20)9-10-17(16)21-18(14)13-7-4-5-8-15(13)19(21)22/h4-5,7-11H,2-3,6H2,1H3. The van der Waals surface area contributed by atoms with Crippen LogP contribution in [0.25, 0.3) is 22.2 Å². The van der Waals surface area contributed by atoms with Crippen molar-refractivity contribution in [3.05, 3.63) is 58.6 Å². The minimum atomic E-state index is 0.0701. The van der Waals surface area contributed by atoms with Gasteiger partial charge in [0.1, 0.15) is 0 Å². The van der Waals surface area contributed by atoms with Gasteiger partial charge in [0.15, 0.2) is 0 Å². The molecule has 0 fully saturated rings. The average Bonchev–Trinajstić information content (AvgIpc) is 3.00. The highest BCUT2D eigenvalue weighted by Gasteiger charge is 2.31. The molecule has 110 valence electrons. The summed E-state index contributed by atoms with van der Waals surface area (Å²) in [5.41, 5.74) is 5.12. The van der Waals surface area contributed by atoms with Gasteiger partial charge in [0, 0.05) is 21.5 Å². The summed E-state index contributed by atoms with van der Waals surface area (Å²) in [5.74, 6) is 0.0701. The molecule has 4 rings (SSSR count). The number of fused-ring (bicyclic) bond motifs is 5. The van der Waals surface area contributed by atoms with Crippen LogP contribution in [0.1, 0.15) is 35.7 Å². The highest BCUT2D eigenvalue weighted by Crippen LogP contribution is 2.42. The molecule has 1 aliphatic heterocycles. The zero-order valence-electron chi connectivity index (χ0n) is 12.4. The third-order valence-electron chi connectivity index (χ3n) is 4.43. The van der Waals surface area contributed by atoms with Crippen LogP contribution >= 0.6 is 11.6 Å². The van der Waals surface area contributed by atoms with Crippen LogP contribution in [0.2, 0.25) is 5.02 Å². The van der Waals surface area contributed by atoms with E-state index in [-0.39, 0.29) is 5.91 Å². The molecule has 2 nitrogen and oxygen atoms in total. The molecule has 0 aliphatic carbocycles. The summed E-state index contributed by atoms with van der Waals surface area (Å²) in [5, 5.41) is 1.83. The number of carbonyl (C=O) groups is 1. The second-order valence-corrected chi connectivity index (χ2v) is 6.21. The molecule has 1 aliphatic rings. The van der Waals surface area contributed by atoms with Gasteiger partial charge in [-0.1, -0.05) is 43.1 Å². The van der Waals surface area contributed by atoms with Crippen LogP contribution in [-0.4, -0.2) is 10.5 Å². The Morgan fingerprint density at radius 1 is 1.09 bits per heavy atom. The number of carbonyl (C=O) groups excluding carboxylic acids is 1. The molecule has 0 atom stereocenters. The lowest BCUT2D eigenvalue weighted by molar-refractivity contribution is 0.0973. The third-order valence-corrected chi connectivity index (χ3v) is 4.67. The lowest BCUT2D eigenvalue weighted by Gasteiger charge is -2.04. The number of hydrogen-bond donors (Lipinski definition) is 0. The molecule has 0 saturated carbocycles. The van der Waals surface area contributed by atoms with Crippen LogP contribution in [0.5, 0.6) is 0 Å². The molecular weight excluding hydrogens is 294 g/mol. The van der Waals surface area contributed by atoms with Crippen LogP contribution in [0, 0.1) is 0 Å². The van der Waals surface area contributed by atoms with Crippen molar-refractivity contribution in [1.29, 1.82) is 0 Å². The van der Waals surface area contributed by atoms with E-state index in [0.717, 1.165) is 52.0 Å². The molecule has 3 aromatic rings. The molecule has 0 spiro atoms. The maximum absolute atomic E-state index is 12.8. The Hall–Kier alpha value is -2.06. The van der Waals surface area contributed by atoms with Crippen molar-refractivity contribution < 1.29 is 4.79 Å². The highest BCUT2D eigenvalue weighted by atomic mass is 35.5. The number of benzene rings is 2. The lowest BCUT2D eigenvalue weighted by Crippen LogP contribution is -2.05. The van der Waals surface area contributed by atoms with Crippen LogP contribution in [0.15, 0.2) is 42.5 Å². The maximum Gasteiger partial charge on any atom is 0.263 e. The van der Waals surface area contributed by atoms with Gasteiger partial charge < -0.3 is 0 Å². The number of aryl methyl sites for hydroxylation is 1. The Bertz CT molecular complexity index is 907. The van der Waals surface area contributed by atoms with Gasteiger partial charge >= 0.3 is 0 Å². The molecule has 0 amide bonds. The highest BCUT2D eigenvalue weighted by molar-refractivity contribution is 6.31. The molecule has 0 unspecified atom stereocenters. The number of aromatic nitrogens is 1. The first-order valence-electron chi connectivity index (χ1n) is 7.69. The van der Waals surface area contributed by atoms with E-state index < -0.39 is 0 Å². The van der Waals surface area contributed by atoms with E-state index in [1.807, 2.05) is 47.0 Å². The van der Waals surface area contributed by atoms with E-state index in [0.29, 0.717) is 0 Å². The molecule has 2 aromatic carbocycles. The Morgan fingerprint density at radius 2 is 1.86 bits per heavy atom. The van der Waals surface area contributed by atoms with E-state index in [1.165, 1.54) is 5.56 Å². The SMILES string of the molecule is CCCCc1c2n(c3ccc(Cl)cc13)C(=O)c1ccccc1-2. The molecule has 0 saturated heterocycles. The Labute approximate surface area is 134 Å². The summed E-state index contributed by atoms with van der Waals surface area (Å²) in [4.78, 5) is 12.8. The largest absolute Gasteiger partial charge is 0.275 e. The summed E-state index contributed by atoms with van der Waals surface area (Å²) in [7, 11) is 0. The van der Waals surface area contributed by atoms with Crippen molar-refractivity contribution in [3.8, 4) is 11.3 Å². The number of halogens is 1. The number of rotatable bonds is 3. The lowest BCUT2D eigenvalue weighted by atomic mass is 9.98. The summed E-state index contributed by atoms with van der Waals surface area (Å²) in [6.07, 6.45) is 3.20. The normalized spacial score (nSPS) is 12.7. The zero-order chi connectivity index (χ0) is 15.3. The molecular formula is C19H16ClNO. The topological polar surface area (TPSA) is 22.0 Å². The zero-order valence-corrected chi connectivity index (χ0v) is 13.2. The molecule has 0 radical (unpaired) electrons. The van der Waals surface area contributed by atoms with E-state index in [9.17, 15) is 4.79 Å². The molecule has 0 N–H and O–H groups in total. The van der Waals surface area contributed by atoms with Gasteiger partial charge in [-0.2, -0.15) is 0 Å². The smallest absolute Gasteiger partial charge is 0.263 e. The van der Waals surface area contributed by atoms with Crippen LogP contribution in [0.4, 0.5) is 0 Å². The van der Waals surface area contributed by atoms with E-state index in [4.69, 9.17) is 11.6 Å². The molecule has 0 bridgehead atoms. The monoisotopic (exact) mass is 309 g/mol. The molecule has 1 aromatic heterocycles. The summed E-state index contributed by atoms with van der Waals surface area (Å²) in [6, 6.07) is 13.7. The van der Waals surface area contributed by atoms with Crippen molar-refractivity contribution in [1.82, 2.24) is 4.57 Å². The molecule has 22 heavy (non-hydrogen) atoms. The van der Waals surface area contributed by atoms with Gasteiger partial charge in [-0.15, -0.1) is 0 Å². The summed E-state index contributed by atoms with van der Waals surface area (Å²) >= 11 is 6.19. The number of unbranched alkanes of at least 4 members (excludes halogenated alkanes) is 1. The van der Waals surface area contributed by atoms with Gasteiger partial charge in [-0.3, -0.25) is 9.36 Å². The van der Waals surface area contributed by atoms with Gasteiger partial charge in [0.05, 0.1) is 11.2 Å². The third kappa shape index (κ3) is 1.77. The summed E-state index contributed by atoms with van der Waals surface area (Å²) in [6.45, 7) is 2.19. The maximum atomic E-state index is 12.8. The fourth-order valence-electron chi connectivity index (χ4n) is 3.43. The second-order valence-electron chi connectivity index (χ2n) is 5.78. The van der Waals surface area contributed by atoms with Crippen molar-refractivity contribution in [2.24, 2.45) is 0 Å². The van der Waals surface area contributed by atoms with Gasteiger partial charge in [0.25, 0.3) is 5.91 Å². The number of hydrogen-bond acceptors (Lipinski definition) is 1. The quantitative estimate of drug-likeness (QED) is 0.503. The Kier molecular flexibility index (Phi) is 3.08. The first kappa shape index (κ1) is 13.6. The minimum Gasteiger partial charge on any atom is -0.275 e. The summed E-state index contributed by atoms with van der Waals surface area (Å²) < 4.78 is 1.86. The first-order valence-corrected chi connectivity index (χ1v) is 8.07. The van der Waals surface area contributed by atoms with E-state index in [1.54, 1.807) is 0 Å². The predicted octanol–water partition coefficient (Wildman–Crippen LogP) is 5.31. The fraction of sp³-hybridized carbons (Fsp3) is 0.211. The van der Waals surface area contributed by atoms with E-state index in [2.05, 4.69) is 6.92 Å². The van der Waals surface area contributed by atoms with Crippen molar-refractivity contribution in [2.75, 3.05) is 0 Å². The Balaban J connectivity index is 2.09. The van der Waals surface area contributed by atoms with E-state index >= 15 is 0 Å².